The molecule has 0 spiro atoms. The minimum absolute atomic E-state index is 0.434. The summed E-state index contributed by atoms with van der Waals surface area (Å²) in [4.78, 5) is 11.4. The third-order valence-electron chi connectivity index (χ3n) is 19.7. The van der Waals surface area contributed by atoms with E-state index in [4.69, 9.17) is 9.97 Å². The summed E-state index contributed by atoms with van der Waals surface area (Å²) in [5.74, 6) is 0.534. The van der Waals surface area contributed by atoms with Gasteiger partial charge in [0.2, 0.25) is 0 Å². The predicted molar refractivity (Wildman–Crippen MR) is 390 cm³/mol. The lowest BCUT2D eigenvalue weighted by Gasteiger charge is -2.30. The molecule has 0 unspecified atom stereocenters. The van der Waals surface area contributed by atoms with Crippen LogP contribution in [0.25, 0.3) is 187 Å². The fourth-order valence-corrected chi connectivity index (χ4v) is 15.8. The largest absolute Gasteiger partial charge is 0.306 e. The summed E-state index contributed by atoms with van der Waals surface area (Å²) in [6, 6.07) is 115. The van der Waals surface area contributed by atoms with Crippen LogP contribution in [-0.2, 0) is 0 Å². The molecule has 0 aliphatic rings. The van der Waals surface area contributed by atoms with Gasteiger partial charge in [-0.3, -0.25) is 0 Å². The van der Waals surface area contributed by atoms with Crippen LogP contribution in [-0.4, -0.2) is 28.2 Å². The molecule has 0 aliphatic carbocycles. The Balaban J connectivity index is 1.18. The van der Waals surface area contributed by atoms with Gasteiger partial charge in [-0.1, -0.05) is 279 Å². The molecule has 0 amide bonds. The lowest BCUT2D eigenvalue weighted by molar-refractivity contribution is 1.02. The second kappa shape index (κ2) is 20.1. The Kier molecular flexibility index (Phi) is 11.1. The molecule has 15 aromatic carbocycles. The Morgan fingerprint density at radius 2 is 0.543 bits per heavy atom. The molecule has 434 valence electrons. The molecule has 7 heteroatoms. The molecule has 7 nitrogen and oxygen atoms in total. The summed E-state index contributed by atoms with van der Waals surface area (Å²) in [5, 5.41) is 30.9. The van der Waals surface area contributed by atoms with E-state index in [1.54, 1.807) is 0 Å². The summed E-state index contributed by atoms with van der Waals surface area (Å²) in [6.07, 6.45) is 0. The van der Waals surface area contributed by atoms with E-state index in [0.29, 0.717) is 28.3 Å². The smallest absolute Gasteiger partial charge is 0.160 e. The van der Waals surface area contributed by atoms with Crippen LogP contribution < -0.4 is 0 Å². The van der Waals surface area contributed by atoms with Gasteiger partial charge in [-0.05, 0) is 51.9 Å². The molecule has 5 aromatic heterocycles. The first kappa shape index (κ1) is 51.9. The Hall–Kier alpha value is -12.9. The van der Waals surface area contributed by atoms with E-state index >= 15 is 0 Å². The number of hydrogen-bond donors (Lipinski definition) is 0. The topological polar surface area (TPSA) is 69.3 Å². The van der Waals surface area contributed by atoms with Crippen LogP contribution in [0.3, 0.4) is 0 Å². The molecular formula is C87H51N7. The number of nitriles is 1. The maximum atomic E-state index is 13.6. The fraction of sp³-hybridized carbons (Fsp3) is 0. The van der Waals surface area contributed by atoms with Crippen LogP contribution in [0.4, 0.5) is 0 Å². The van der Waals surface area contributed by atoms with Gasteiger partial charge in [-0.15, -0.1) is 0 Å². The zero-order chi connectivity index (χ0) is 61.7. The van der Waals surface area contributed by atoms with Crippen molar-refractivity contribution in [3.05, 3.63) is 315 Å². The van der Waals surface area contributed by atoms with Crippen molar-refractivity contribution in [3.8, 4) is 62.7 Å². The van der Waals surface area contributed by atoms with E-state index in [9.17, 15) is 5.26 Å². The van der Waals surface area contributed by atoms with Crippen LogP contribution in [0.1, 0.15) is 5.56 Å². The van der Waals surface area contributed by atoms with E-state index in [-0.39, 0.29) is 0 Å². The molecule has 0 atom stereocenters. The van der Waals surface area contributed by atoms with Crippen molar-refractivity contribution >= 4 is 130 Å². The van der Waals surface area contributed by atoms with Gasteiger partial charge in [-0.2, -0.15) is 5.26 Å². The molecule has 94 heavy (non-hydrogen) atoms. The standard InChI is InChI=1S/C87H51N7/c88-52-71-78(73-51-72(57-27-3-1-4-28-57)89-87(90-73)58-29-5-2-6-30-58)84(92-75-40-20-16-36-64(75)68-48-44-54-24-8-12-32-60(54)80(68)92)86(94-77-42-22-18-38-66(77)70-50-46-56-26-10-14-34-62(56)82(70)94)85(93-76-41-21-17-37-65(76)69-49-45-55-25-9-13-33-61(55)81(69)93)83(71)91-74-39-19-15-35-63(74)67-47-43-53-23-7-11-31-59(53)79(67)91/h1-51H. The van der Waals surface area contributed by atoms with Crippen molar-refractivity contribution in [2.24, 2.45) is 0 Å². The highest BCUT2D eigenvalue weighted by molar-refractivity contribution is 6.25. The van der Waals surface area contributed by atoms with Gasteiger partial charge in [0.25, 0.3) is 0 Å². The van der Waals surface area contributed by atoms with Gasteiger partial charge < -0.3 is 18.3 Å². The van der Waals surface area contributed by atoms with Crippen LogP contribution in [0, 0.1) is 11.3 Å². The molecule has 20 aromatic rings. The first-order chi connectivity index (χ1) is 46.7. The normalized spacial score (nSPS) is 12.0. The number of benzene rings is 15. The maximum absolute atomic E-state index is 13.6. The SMILES string of the molecule is N#Cc1c(-c2cc(-c3ccccc3)nc(-c3ccccc3)n2)c(-n2c3ccccc3c3ccc4ccccc4c32)c(-n2c3ccccc3c3ccc4ccccc4c32)c(-n2c3ccccc3c3ccc4ccccc4c32)c1-n1c2ccccc2c2ccc3ccccc3c21. The van der Waals surface area contributed by atoms with Crippen molar-refractivity contribution in [2.75, 3.05) is 0 Å². The molecule has 5 heterocycles. The van der Waals surface area contributed by atoms with E-state index in [0.717, 1.165) is 164 Å². The molecule has 0 fully saturated rings. The van der Waals surface area contributed by atoms with Crippen LogP contribution in [0.2, 0.25) is 0 Å². The zero-order valence-electron chi connectivity index (χ0n) is 50.6. The molecule has 0 radical (unpaired) electrons. The number of nitrogens with zero attached hydrogens (tertiary/aromatic N) is 7. The molecule has 20 rings (SSSR count). The van der Waals surface area contributed by atoms with Gasteiger partial charge >= 0.3 is 0 Å². The predicted octanol–water partition coefficient (Wildman–Crippen LogP) is 22.4. The fourth-order valence-electron chi connectivity index (χ4n) is 15.8. The molecular weight excluding hydrogens is 1140 g/mol. The summed E-state index contributed by atoms with van der Waals surface area (Å²) < 4.78 is 10.1. The first-order valence-electron chi connectivity index (χ1n) is 32.0. The number of aromatic nitrogens is 6. The molecule has 0 bridgehead atoms. The number of fused-ring (bicyclic) bond motifs is 20. The Labute approximate surface area is 538 Å². The van der Waals surface area contributed by atoms with Gasteiger partial charge in [-0.25, -0.2) is 9.97 Å². The summed E-state index contributed by atoms with van der Waals surface area (Å²) in [5.41, 5.74) is 15.3. The third kappa shape index (κ3) is 7.30. The monoisotopic (exact) mass is 1190 g/mol. The molecule has 0 saturated heterocycles. The van der Waals surface area contributed by atoms with Crippen molar-refractivity contribution < 1.29 is 0 Å². The van der Waals surface area contributed by atoms with Crippen molar-refractivity contribution in [1.29, 1.82) is 5.26 Å². The summed E-state index contributed by atoms with van der Waals surface area (Å²) >= 11 is 0. The summed E-state index contributed by atoms with van der Waals surface area (Å²) in [7, 11) is 0. The van der Waals surface area contributed by atoms with Gasteiger partial charge in [0.05, 0.1) is 83.8 Å². The van der Waals surface area contributed by atoms with Crippen molar-refractivity contribution in [1.82, 2.24) is 28.2 Å². The van der Waals surface area contributed by atoms with Gasteiger partial charge in [0.15, 0.2) is 5.82 Å². The third-order valence-corrected chi connectivity index (χ3v) is 19.7. The molecule has 0 N–H and O–H groups in total. The average molecular weight is 1190 g/mol. The second-order valence-corrected chi connectivity index (χ2v) is 24.6. The van der Waals surface area contributed by atoms with Crippen molar-refractivity contribution in [2.45, 2.75) is 0 Å². The number of para-hydroxylation sites is 4. The Morgan fingerprint density at radius 1 is 0.245 bits per heavy atom. The highest BCUT2D eigenvalue weighted by Gasteiger charge is 2.37. The van der Waals surface area contributed by atoms with Crippen LogP contribution >= 0.6 is 0 Å². The van der Waals surface area contributed by atoms with Gasteiger partial charge in [0, 0.05) is 81.3 Å². The highest BCUT2D eigenvalue weighted by Crippen LogP contribution is 2.54. The lowest BCUT2D eigenvalue weighted by atomic mass is 9.94. The quantitative estimate of drug-likeness (QED) is 0.160. The minimum atomic E-state index is 0.434. The number of rotatable bonds is 7. The minimum Gasteiger partial charge on any atom is -0.306 e. The van der Waals surface area contributed by atoms with Crippen LogP contribution in [0.15, 0.2) is 309 Å². The van der Waals surface area contributed by atoms with E-state index in [1.165, 1.54) is 0 Å². The maximum Gasteiger partial charge on any atom is 0.160 e. The lowest BCUT2D eigenvalue weighted by Crippen LogP contribution is -2.17. The zero-order valence-corrected chi connectivity index (χ0v) is 50.6. The van der Waals surface area contributed by atoms with E-state index in [1.807, 2.05) is 24.3 Å². The second-order valence-electron chi connectivity index (χ2n) is 24.6. The average Bonchev–Trinajstić information content (AvgIpc) is 1.45. The van der Waals surface area contributed by atoms with E-state index < -0.39 is 0 Å². The van der Waals surface area contributed by atoms with Crippen molar-refractivity contribution in [3.63, 3.8) is 0 Å². The van der Waals surface area contributed by atoms with E-state index in [2.05, 4.69) is 309 Å². The number of hydrogen-bond acceptors (Lipinski definition) is 3. The van der Waals surface area contributed by atoms with Gasteiger partial charge in [0.1, 0.15) is 6.07 Å². The Bertz CT molecular complexity index is 6620. The molecule has 0 saturated carbocycles. The highest BCUT2D eigenvalue weighted by atomic mass is 15.1. The Morgan fingerprint density at radius 3 is 0.926 bits per heavy atom. The van der Waals surface area contributed by atoms with Crippen LogP contribution in [0.5, 0.6) is 0 Å². The summed E-state index contributed by atoms with van der Waals surface area (Å²) in [6.45, 7) is 0. The first-order valence-corrected chi connectivity index (χ1v) is 32.0. The molecule has 0 aliphatic heterocycles.